The summed E-state index contributed by atoms with van der Waals surface area (Å²) in [4.78, 5) is 55.2. The molecule has 1 aliphatic heterocycles. The summed E-state index contributed by atoms with van der Waals surface area (Å²) in [6.45, 7) is 7.50. The molecule has 9 heteroatoms. The summed E-state index contributed by atoms with van der Waals surface area (Å²) in [6, 6.07) is 21.2. The second-order valence-corrected chi connectivity index (χ2v) is 11.6. The summed E-state index contributed by atoms with van der Waals surface area (Å²) >= 11 is 0. The van der Waals surface area contributed by atoms with Crippen molar-refractivity contribution in [2.75, 3.05) is 25.1 Å². The fraction of sp³-hybridized carbons (Fsp3) is 0.351. The molecule has 0 aromatic heterocycles. The van der Waals surface area contributed by atoms with Gasteiger partial charge in [0.25, 0.3) is 5.91 Å². The maximum Gasteiger partial charge on any atom is 0.309 e. The van der Waals surface area contributed by atoms with Crippen LogP contribution in [0.2, 0.25) is 0 Å². The standard InChI is InChI=1S/C37H43N3O6/c1-3-11-29(23-34(42)40-20-10-17-32(40)24-41)35(43)39-33(36(44)38-31-19-18-27-15-8-9-16-28(27)22-31)25-46-37(45)30(12-4-2)21-26-13-6-5-7-14-26/h3-9,13-16,18-19,22,29-30,32-33,41H,1-2,10-12,17,20-21,23-25H2,(H,38,44)(H,39,43)/t29-,30+,32-,33-/m0/s1. The summed E-state index contributed by atoms with van der Waals surface area (Å²) in [7, 11) is 0. The first-order chi connectivity index (χ1) is 22.3. The highest BCUT2D eigenvalue weighted by molar-refractivity contribution is 5.99. The molecule has 1 saturated heterocycles. The van der Waals surface area contributed by atoms with Gasteiger partial charge in [0.05, 0.1) is 24.5 Å². The van der Waals surface area contributed by atoms with E-state index in [4.69, 9.17) is 4.74 Å². The molecular weight excluding hydrogens is 582 g/mol. The molecule has 3 N–H and O–H groups in total. The molecule has 9 nitrogen and oxygen atoms in total. The molecule has 3 aromatic carbocycles. The van der Waals surface area contributed by atoms with Gasteiger partial charge in [0.1, 0.15) is 12.6 Å². The molecule has 4 atom stereocenters. The van der Waals surface area contributed by atoms with Crippen LogP contribution in [0.15, 0.2) is 98.1 Å². The topological polar surface area (TPSA) is 125 Å². The number of hydrogen-bond donors (Lipinski definition) is 3. The summed E-state index contributed by atoms with van der Waals surface area (Å²) in [6.07, 6.45) is 5.61. The van der Waals surface area contributed by atoms with E-state index in [2.05, 4.69) is 23.8 Å². The van der Waals surface area contributed by atoms with Gasteiger partial charge in [-0.25, -0.2) is 0 Å². The Hall–Kier alpha value is -4.76. The van der Waals surface area contributed by atoms with Crippen LogP contribution in [0.25, 0.3) is 10.8 Å². The van der Waals surface area contributed by atoms with Crippen molar-refractivity contribution < 1.29 is 29.0 Å². The van der Waals surface area contributed by atoms with Gasteiger partial charge >= 0.3 is 5.97 Å². The van der Waals surface area contributed by atoms with Crippen LogP contribution < -0.4 is 10.6 Å². The maximum absolute atomic E-state index is 13.6. The number of ether oxygens (including phenoxy) is 1. The molecule has 0 spiro atoms. The molecule has 4 rings (SSSR count). The number of carbonyl (C=O) groups is 4. The van der Waals surface area contributed by atoms with Gasteiger partial charge in [0, 0.05) is 18.7 Å². The number of amides is 3. The van der Waals surface area contributed by atoms with Crippen molar-refractivity contribution >= 4 is 40.2 Å². The lowest BCUT2D eigenvalue weighted by atomic mass is 9.96. The quantitative estimate of drug-likeness (QED) is 0.155. The molecule has 0 radical (unpaired) electrons. The summed E-state index contributed by atoms with van der Waals surface area (Å²) in [5.41, 5.74) is 1.48. The number of carbonyl (C=O) groups excluding carboxylic acids is 4. The third-order valence-electron chi connectivity index (χ3n) is 8.30. The van der Waals surface area contributed by atoms with Crippen molar-refractivity contribution in [2.45, 2.75) is 50.6 Å². The average molecular weight is 626 g/mol. The number of benzene rings is 3. The Morgan fingerprint density at radius 1 is 0.913 bits per heavy atom. The molecule has 46 heavy (non-hydrogen) atoms. The lowest BCUT2D eigenvalue weighted by Crippen LogP contribution is -2.50. The van der Waals surface area contributed by atoms with Crippen LogP contribution in [0, 0.1) is 11.8 Å². The van der Waals surface area contributed by atoms with Gasteiger partial charge in [0.15, 0.2) is 0 Å². The monoisotopic (exact) mass is 625 g/mol. The van der Waals surface area contributed by atoms with E-state index in [0.717, 1.165) is 22.8 Å². The first-order valence-electron chi connectivity index (χ1n) is 15.8. The third kappa shape index (κ3) is 9.37. The van der Waals surface area contributed by atoms with Gasteiger partial charge in [-0.3, -0.25) is 19.2 Å². The molecule has 1 heterocycles. The third-order valence-corrected chi connectivity index (χ3v) is 8.30. The number of fused-ring (bicyclic) bond motifs is 1. The first kappa shape index (κ1) is 34.1. The molecule has 0 bridgehead atoms. The van der Waals surface area contributed by atoms with E-state index in [9.17, 15) is 24.3 Å². The van der Waals surface area contributed by atoms with Crippen molar-refractivity contribution in [3.8, 4) is 0 Å². The molecule has 3 aromatic rings. The van der Waals surface area contributed by atoms with E-state index in [-0.39, 0.29) is 31.4 Å². The zero-order valence-corrected chi connectivity index (χ0v) is 26.1. The van der Waals surface area contributed by atoms with Crippen LogP contribution >= 0.6 is 0 Å². The predicted octanol–water partition coefficient (Wildman–Crippen LogP) is 4.81. The SMILES string of the molecule is C=CC[C@@H](CC(=O)N1CCC[C@H]1CO)C(=O)N[C@@H](COC(=O)[C@H](CC=C)Cc1ccccc1)C(=O)Nc1ccc2ccccc2c1. The molecular formula is C37H43N3O6. The van der Waals surface area contributed by atoms with Crippen molar-refractivity contribution in [1.29, 1.82) is 0 Å². The Morgan fingerprint density at radius 2 is 1.61 bits per heavy atom. The molecule has 1 fully saturated rings. The Kier molecular flexibility index (Phi) is 12.7. The number of esters is 1. The number of aliphatic hydroxyl groups is 1. The Labute approximate surface area is 270 Å². The minimum absolute atomic E-state index is 0.106. The van der Waals surface area contributed by atoms with Crippen LogP contribution in [0.4, 0.5) is 5.69 Å². The number of nitrogens with zero attached hydrogens (tertiary/aromatic N) is 1. The van der Waals surface area contributed by atoms with Gasteiger partial charge in [-0.05, 0) is 60.6 Å². The van der Waals surface area contributed by atoms with Crippen LogP contribution in [0.3, 0.4) is 0 Å². The van der Waals surface area contributed by atoms with Crippen molar-refractivity contribution in [2.24, 2.45) is 11.8 Å². The summed E-state index contributed by atoms with van der Waals surface area (Å²) in [5.74, 6) is -3.18. The Bertz CT molecular complexity index is 1520. The van der Waals surface area contributed by atoms with Crippen LogP contribution in [0.1, 0.15) is 37.7 Å². The lowest BCUT2D eigenvalue weighted by molar-refractivity contribution is -0.150. The largest absolute Gasteiger partial charge is 0.463 e. The van der Waals surface area contributed by atoms with E-state index in [1.807, 2.05) is 66.7 Å². The molecule has 0 aliphatic carbocycles. The minimum atomic E-state index is -1.23. The molecule has 242 valence electrons. The van der Waals surface area contributed by atoms with Gasteiger partial charge in [0.2, 0.25) is 11.8 Å². The number of anilines is 1. The van der Waals surface area contributed by atoms with E-state index >= 15 is 0 Å². The van der Waals surface area contributed by atoms with Crippen LogP contribution in [-0.4, -0.2) is 65.5 Å². The van der Waals surface area contributed by atoms with Gasteiger partial charge in [-0.1, -0.05) is 72.8 Å². The first-order valence-corrected chi connectivity index (χ1v) is 15.8. The number of likely N-dealkylation sites (tertiary alicyclic amines) is 1. The fourth-order valence-electron chi connectivity index (χ4n) is 5.78. The highest BCUT2D eigenvalue weighted by Crippen LogP contribution is 2.22. The van der Waals surface area contributed by atoms with E-state index < -0.39 is 42.3 Å². The number of aliphatic hydroxyl groups excluding tert-OH is 1. The van der Waals surface area contributed by atoms with Gasteiger partial charge < -0.3 is 25.4 Å². The number of hydrogen-bond acceptors (Lipinski definition) is 6. The smallest absolute Gasteiger partial charge is 0.309 e. The highest BCUT2D eigenvalue weighted by Gasteiger charge is 2.33. The van der Waals surface area contributed by atoms with Gasteiger partial charge in [-0.15, -0.1) is 13.2 Å². The predicted molar refractivity (Wildman–Crippen MR) is 179 cm³/mol. The second-order valence-electron chi connectivity index (χ2n) is 11.6. The van der Waals surface area contributed by atoms with Crippen LogP contribution in [-0.2, 0) is 30.3 Å². The van der Waals surface area contributed by atoms with Crippen molar-refractivity contribution in [1.82, 2.24) is 10.2 Å². The van der Waals surface area contributed by atoms with E-state index in [0.29, 0.717) is 31.5 Å². The number of rotatable bonds is 16. The molecule has 0 unspecified atom stereocenters. The number of allylic oxidation sites excluding steroid dienone is 2. The second kappa shape index (κ2) is 17.1. The molecule has 1 aliphatic rings. The Morgan fingerprint density at radius 3 is 2.33 bits per heavy atom. The lowest BCUT2D eigenvalue weighted by Gasteiger charge is -2.26. The fourth-order valence-corrected chi connectivity index (χ4v) is 5.78. The van der Waals surface area contributed by atoms with E-state index in [1.54, 1.807) is 23.1 Å². The normalized spacial score (nSPS) is 16.2. The zero-order chi connectivity index (χ0) is 32.9. The minimum Gasteiger partial charge on any atom is -0.463 e. The zero-order valence-electron chi connectivity index (χ0n) is 26.1. The van der Waals surface area contributed by atoms with Crippen molar-refractivity contribution in [3.63, 3.8) is 0 Å². The Balaban J connectivity index is 1.50. The highest BCUT2D eigenvalue weighted by atomic mass is 16.5. The van der Waals surface area contributed by atoms with E-state index in [1.165, 1.54) is 0 Å². The molecule has 3 amide bonds. The average Bonchev–Trinajstić information content (AvgIpc) is 3.56. The summed E-state index contributed by atoms with van der Waals surface area (Å²) in [5, 5.41) is 17.2. The van der Waals surface area contributed by atoms with Crippen molar-refractivity contribution in [3.05, 3.63) is 104 Å². The number of nitrogens with one attached hydrogen (secondary N) is 2. The van der Waals surface area contributed by atoms with Crippen LogP contribution in [0.5, 0.6) is 0 Å². The molecule has 0 saturated carbocycles. The van der Waals surface area contributed by atoms with Gasteiger partial charge in [-0.2, -0.15) is 0 Å². The maximum atomic E-state index is 13.6. The summed E-state index contributed by atoms with van der Waals surface area (Å²) < 4.78 is 5.67.